The highest BCUT2D eigenvalue weighted by molar-refractivity contribution is 6.21. The van der Waals surface area contributed by atoms with Crippen molar-refractivity contribution >= 4 is 17.8 Å². The smallest absolute Gasteiger partial charge is 0.324 e. The number of hydrogen-bond acceptors (Lipinski definition) is 4. The number of amides is 2. The van der Waals surface area contributed by atoms with Gasteiger partial charge in [-0.25, -0.2) is 9.18 Å². The van der Waals surface area contributed by atoms with E-state index >= 15 is 0 Å². The van der Waals surface area contributed by atoms with Gasteiger partial charge in [0.2, 0.25) is 0 Å². The molecule has 0 aromatic heterocycles. The van der Waals surface area contributed by atoms with Gasteiger partial charge in [0.1, 0.15) is 0 Å². The van der Waals surface area contributed by atoms with Crippen molar-refractivity contribution in [3.8, 4) is 0 Å². The lowest BCUT2D eigenvalue weighted by Gasteiger charge is -2.14. The van der Waals surface area contributed by atoms with Crippen LogP contribution in [0.5, 0.6) is 0 Å². The van der Waals surface area contributed by atoms with Crippen LogP contribution in [0.2, 0.25) is 0 Å². The molecule has 0 aliphatic carbocycles. The number of hydroxylamine groups is 2. The Labute approximate surface area is 139 Å². The zero-order chi connectivity index (χ0) is 18.2. The topological polar surface area (TPSA) is 63.7 Å². The second-order valence-electron chi connectivity index (χ2n) is 5.24. The van der Waals surface area contributed by atoms with E-state index in [1.54, 1.807) is 12.1 Å². The van der Waals surface area contributed by atoms with E-state index in [2.05, 4.69) is 0 Å². The Morgan fingerprint density at radius 3 is 1.96 bits per heavy atom. The van der Waals surface area contributed by atoms with Gasteiger partial charge < -0.3 is 4.84 Å². The van der Waals surface area contributed by atoms with Crippen LogP contribution in [-0.2, 0) is 10.8 Å². The SMILES string of the molecule is O=C(ON1C(=O)c2ccccc2C1=O)c1ccc(C(F)(F)CF)cc1. The molecule has 3 rings (SSSR count). The first kappa shape index (κ1) is 16.7. The van der Waals surface area contributed by atoms with Crippen molar-refractivity contribution < 1.29 is 32.4 Å². The maximum Gasteiger partial charge on any atom is 0.363 e. The third-order valence-corrected chi connectivity index (χ3v) is 3.64. The van der Waals surface area contributed by atoms with Crippen LogP contribution >= 0.6 is 0 Å². The normalized spacial score (nSPS) is 13.8. The van der Waals surface area contributed by atoms with E-state index < -0.39 is 35.9 Å². The highest BCUT2D eigenvalue weighted by atomic mass is 19.3. The molecule has 5 nitrogen and oxygen atoms in total. The highest BCUT2D eigenvalue weighted by Gasteiger charge is 2.39. The van der Waals surface area contributed by atoms with Crippen LogP contribution < -0.4 is 0 Å². The third-order valence-electron chi connectivity index (χ3n) is 3.64. The van der Waals surface area contributed by atoms with E-state index in [-0.39, 0.29) is 16.7 Å². The molecule has 2 amide bonds. The summed E-state index contributed by atoms with van der Waals surface area (Å²) < 4.78 is 38.7. The van der Waals surface area contributed by atoms with Crippen LogP contribution in [0, 0.1) is 0 Å². The van der Waals surface area contributed by atoms with Gasteiger partial charge in [0, 0.05) is 5.56 Å². The van der Waals surface area contributed by atoms with Crippen LogP contribution in [0.3, 0.4) is 0 Å². The minimum Gasteiger partial charge on any atom is -0.324 e. The van der Waals surface area contributed by atoms with Crippen LogP contribution in [0.4, 0.5) is 13.2 Å². The first-order valence-corrected chi connectivity index (χ1v) is 7.09. The Morgan fingerprint density at radius 2 is 1.48 bits per heavy atom. The fourth-order valence-corrected chi connectivity index (χ4v) is 2.31. The second-order valence-corrected chi connectivity index (χ2v) is 5.24. The third kappa shape index (κ3) is 2.86. The Bertz CT molecular complexity index is 829. The maximum absolute atomic E-state index is 13.2. The summed E-state index contributed by atoms with van der Waals surface area (Å²) in [5.74, 6) is -6.33. The molecule has 128 valence electrons. The zero-order valence-electron chi connectivity index (χ0n) is 12.5. The Morgan fingerprint density at radius 1 is 0.960 bits per heavy atom. The van der Waals surface area contributed by atoms with Gasteiger partial charge in [-0.05, 0) is 24.3 Å². The number of carbonyl (C=O) groups is 3. The van der Waals surface area contributed by atoms with Gasteiger partial charge in [-0.15, -0.1) is 0 Å². The number of alkyl halides is 3. The molecule has 0 saturated heterocycles. The number of benzene rings is 2. The lowest BCUT2D eigenvalue weighted by atomic mass is 10.1. The summed E-state index contributed by atoms with van der Waals surface area (Å²) in [4.78, 5) is 41.0. The average molecular weight is 349 g/mol. The Balaban J connectivity index is 1.78. The van der Waals surface area contributed by atoms with Crippen molar-refractivity contribution in [2.75, 3.05) is 6.67 Å². The summed E-state index contributed by atoms with van der Waals surface area (Å²) in [5.41, 5.74) is -0.585. The first-order chi connectivity index (χ1) is 11.8. The van der Waals surface area contributed by atoms with E-state index in [1.807, 2.05) is 0 Å². The molecule has 0 radical (unpaired) electrons. The quantitative estimate of drug-likeness (QED) is 0.796. The molecule has 1 aliphatic heterocycles. The highest BCUT2D eigenvalue weighted by Crippen LogP contribution is 2.29. The maximum atomic E-state index is 13.2. The van der Waals surface area contributed by atoms with Gasteiger partial charge in [0.25, 0.3) is 11.8 Å². The van der Waals surface area contributed by atoms with Gasteiger partial charge in [-0.3, -0.25) is 9.59 Å². The largest absolute Gasteiger partial charge is 0.363 e. The summed E-state index contributed by atoms with van der Waals surface area (Å²) in [5, 5.41) is 0.317. The van der Waals surface area contributed by atoms with Crippen molar-refractivity contribution in [3.63, 3.8) is 0 Å². The monoisotopic (exact) mass is 349 g/mol. The molecule has 2 aromatic carbocycles. The number of rotatable bonds is 4. The van der Waals surface area contributed by atoms with Crippen molar-refractivity contribution in [3.05, 3.63) is 70.8 Å². The number of halogens is 3. The molecule has 0 bridgehead atoms. The first-order valence-electron chi connectivity index (χ1n) is 7.09. The molecule has 1 heterocycles. The van der Waals surface area contributed by atoms with Crippen LogP contribution in [0.25, 0.3) is 0 Å². The van der Waals surface area contributed by atoms with Gasteiger partial charge >= 0.3 is 11.9 Å². The zero-order valence-corrected chi connectivity index (χ0v) is 12.5. The number of fused-ring (bicyclic) bond motifs is 1. The van der Waals surface area contributed by atoms with E-state index in [1.165, 1.54) is 12.1 Å². The second kappa shape index (κ2) is 6.04. The average Bonchev–Trinajstić information content (AvgIpc) is 2.87. The molecule has 0 N–H and O–H groups in total. The van der Waals surface area contributed by atoms with Gasteiger partial charge in [0.05, 0.1) is 16.7 Å². The molecule has 0 spiro atoms. The summed E-state index contributed by atoms with van der Waals surface area (Å²) in [6.45, 7) is -1.87. The predicted octanol–water partition coefficient (Wildman–Crippen LogP) is 3.12. The van der Waals surface area contributed by atoms with E-state index in [4.69, 9.17) is 4.84 Å². The Kier molecular flexibility index (Phi) is 4.03. The lowest BCUT2D eigenvalue weighted by molar-refractivity contribution is -0.0584. The molecule has 0 unspecified atom stereocenters. The van der Waals surface area contributed by atoms with Gasteiger partial charge in [-0.1, -0.05) is 29.3 Å². The number of imide groups is 1. The number of nitrogens with zero attached hydrogens (tertiary/aromatic N) is 1. The molecule has 8 heteroatoms. The fraction of sp³-hybridized carbons (Fsp3) is 0.118. The number of hydrogen-bond donors (Lipinski definition) is 0. The van der Waals surface area contributed by atoms with E-state index in [0.717, 1.165) is 24.3 Å². The van der Waals surface area contributed by atoms with Gasteiger partial charge in [-0.2, -0.15) is 8.78 Å². The van der Waals surface area contributed by atoms with E-state index in [9.17, 15) is 27.6 Å². The van der Waals surface area contributed by atoms with Crippen molar-refractivity contribution in [2.24, 2.45) is 0 Å². The van der Waals surface area contributed by atoms with Crippen LogP contribution in [-0.4, -0.2) is 29.5 Å². The number of carbonyl (C=O) groups excluding carboxylic acids is 3. The minimum absolute atomic E-state index is 0.0956. The molecule has 2 aromatic rings. The van der Waals surface area contributed by atoms with Crippen molar-refractivity contribution in [1.29, 1.82) is 0 Å². The van der Waals surface area contributed by atoms with Gasteiger partial charge in [0.15, 0.2) is 6.67 Å². The van der Waals surface area contributed by atoms with E-state index in [0.29, 0.717) is 5.06 Å². The molecule has 0 fully saturated rings. The Hall–Kier alpha value is -3.16. The summed E-state index contributed by atoms with van der Waals surface area (Å²) >= 11 is 0. The lowest BCUT2D eigenvalue weighted by Crippen LogP contribution is -2.32. The molecule has 1 aliphatic rings. The molecule has 0 atom stereocenters. The van der Waals surface area contributed by atoms with Crippen LogP contribution in [0.1, 0.15) is 36.6 Å². The van der Waals surface area contributed by atoms with Crippen molar-refractivity contribution in [2.45, 2.75) is 5.92 Å². The van der Waals surface area contributed by atoms with Crippen molar-refractivity contribution in [1.82, 2.24) is 5.06 Å². The standard InChI is InChI=1S/C17H10F3NO4/c18-9-17(19,20)11-7-5-10(6-8-11)16(24)25-21-14(22)12-3-1-2-4-13(12)15(21)23/h1-8H,9H2. The molecule has 25 heavy (non-hydrogen) atoms. The predicted molar refractivity (Wildman–Crippen MR) is 78.7 cm³/mol. The molecular formula is C17H10F3NO4. The minimum atomic E-state index is -3.66. The summed E-state index contributed by atoms with van der Waals surface area (Å²) in [7, 11) is 0. The summed E-state index contributed by atoms with van der Waals surface area (Å²) in [6, 6.07) is 9.68. The molecule has 0 saturated carbocycles. The summed E-state index contributed by atoms with van der Waals surface area (Å²) in [6.07, 6.45) is 0. The molecular weight excluding hydrogens is 339 g/mol. The fourth-order valence-electron chi connectivity index (χ4n) is 2.31. The van der Waals surface area contributed by atoms with Crippen LogP contribution in [0.15, 0.2) is 48.5 Å².